The molecule has 1 aliphatic rings. The highest BCUT2D eigenvalue weighted by molar-refractivity contribution is 5.91. The molecule has 3 heterocycles. The molecule has 0 fully saturated rings. The summed E-state index contributed by atoms with van der Waals surface area (Å²) in [5.74, 6) is 2.41. The van der Waals surface area contributed by atoms with Gasteiger partial charge in [-0.3, -0.25) is 9.59 Å². The zero-order valence-corrected chi connectivity index (χ0v) is 23.6. The van der Waals surface area contributed by atoms with E-state index in [2.05, 4.69) is 51.1 Å². The molecule has 4 aromatic rings. The van der Waals surface area contributed by atoms with Gasteiger partial charge in [-0.05, 0) is 72.4 Å². The first-order chi connectivity index (χ1) is 19.3. The summed E-state index contributed by atoms with van der Waals surface area (Å²) >= 11 is 0. The number of carbonyl (C=O) groups is 2. The molecule has 0 saturated heterocycles. The van der Waals surface area contributed by atoms with Crippen LogP contribution >= 0.6 is 0 Å². The Morgan fingerprint density at radius 1 is 1.05 bits per heavy atom. The summed E-state index contributed by atoms with van der Waals surface area (Å²) in [6.45, 7) is 7.44. The average molecular weight is 541 g/mol. The van der Waals surface area contributed by atoms with Gasteiger partial charge in [0.25, 0.3) is 5.91 Å². The molecular weight excluding hydrogens is 504 g/mol. The number of amides is 2. The number of aryl methyl sites for hydroxylation is 1. The molecule has 0 N–H and O–H groups in total. The van der Waals surface area contributed by atoms with Crippen LogP contribution < -0.4 is 4.74 Å². The Hall–Kier alpha value is -4.26. The summed E-state index contributed by atoms with van der Waals surface area (Å²) in [6.07, 6.45) is 2.90. The highest BCUT2D eigenvalue weighted by Gasteiger charge is 2.32. The van der Waals surface area contributed by atoms with E-state index in [1.807, 2.05) is 23.1 Å². The van der Waals surface area contributed by atoms with Crippen LogP contribution in [0.1, 0.15) is 70.6 Å². The van der Waals surface area contributed by atoms with Crippen molar-refractivity contribution in [3.05, 3.63) is 113 Å². The van der Waals surface area contributed by atoms with Crippen molar-refractivity contribution < 1.29 is 23.2 Å². The lowest BCUT2D eigenvalue weighted by atomic mass is 9.87. The van der Waals surface area contributed by atoms with Gasteiger partial charge in [-0.25, -0.2) is 0 Å². The van der Waals surface area contributed by atoms with E-state index in [4.69, 9.17) is 13.6 Å². The lowest BCUT2D eigenvalue weighted by molar-refractivity contribution is -0.134. The summed E-state index contributed by atoms with van der Waals surface area (Å²) in [7, 11) is 1.70. The fourth-order valence-corrected chi connectivity index (χ4v) is 5.15. The smallest absolute Gasteiger partial charge is 0.289 e. The second-order valence-corrected chi connectivity index (χ2v) is 10.9. The number of benzene rings is 2. The van der Waals surface area contributed by atoms with Gasteiger partial charge in [0.05, 0.1) is 18.8 Å². The Morgan fingerprint density at radius 2 is 1.85 bits per heavy atom. The predicted molar refractivity (Wildman–Crippen MR) is 152 cm³/mol. The molecule has 7 nitrogen and oxygen atoms in total. The van der Waals surface area contributed by atoms with Crippen LogP contribution in [-0.2, 0) is 24.4 Å². The molecule has 0 radical (unpaired) electrons. The van der Waals surface area contributed by atoms with Crippen molar-refractivity contribution in [2.24, 2.45) is 5.92 Å². The van der Waals surface area contributed by atoms with Crippen LogP contribution in [0.4, 0.5) is 0 Å². The monoisotopic (exact) mass is 540 g/mol. The molecule has 40 heavy (non-hydrogen) atoms. The third-order valence-corrected chi connectivity index (χ3v) is 7.22. The SMILES string of the molecule is Cc1ccc([C@@H]2c3cc(OCc4ccc(C(=O)N(C)Cc5ccco5)o4)ccc3CCN2C(=O)CC(C)C)cc1. The maximum atomic E-state index is 13.3. The van der Waals surface area contributed by atoms with Gasteiger partial charge in [-0.2, -0.15) is 0 Å². The van der Waals surface area contributed by atoms with Gasteiger partial charge in [-0.1, -0.05) is 49.7 Å². The average Bonchev–Trinajstić information content (AvgIpc) is 3.63. The minimum absolute atomic E-state index is 0.169. The Balaban J connectivity index is 1.33. The van der Waals surface area contributed by atoms with E-state index >= 15 is 0 Å². The summed E-state index contributed by atoms with van der Waals surface area (Å²) in [6, 6.07) is 21.4. The van der Waals surface area contributed by atoms with Gasteiger partial charge in [0.1, 0.15) is 23.9 Å². The lowest BCUT2D eigenvalue weighted by Crippen LogP contribution is -2.41. The molecule has 1 aliphatic heterocycles. The molecule has 0 bridgehead atoms. The maximum absolute atomic E-state index is 13.3. The second-order valence-electron chi connectivity index (χ2n) is 10.9. The zero-order valence-electron chi connectivity index (χ0n) is 23.6. The van der Waals surface area contributed by atoms with E-state index < -0.39 is 0 Å². The molecule has 1 atom stereocenters. The number of ether oxygens (including phenoxy) is 1. The molecule has 0 spiro atoms. The summed E-state index contributed by atoms with van der Waals surface area (Å²) in [4.78, 5) is 29.6. The van der Waals surface area contributed by atoms with E-state index in [0.29, 0.717) is 36.8 Å². The van der Waals surface area contributed by atoms with Crippen LogP contribution in [0.2, 0.25) is 0 Å². The molecule has 2 amide bonds. The first kappa shape index (κ1) is 27.3. The molecular formula is C33H36N2O5. The first-order valence-corrected chi connectivity index (χ1v) is 13.8. The molecule has 2 aromatic heterocycles. The summed E-state index contributed by atoms with van der Waals surface area (Å²) in [5.41, 5.74) is 4.57. The normalized spacial score (nSPS) is 14.7. The number of furan rings is 2. The Kier molecular flexibility index (Phi) is 8.10. The molecule has 7 heteroatoms. The molecule has 0 aliphatic carbocycles. The third kappa shape index (κ3) is 6.14. The molecule has 208 valence electrons. The number of nitrogens with zero attached hydrogens (tertiary/aromatic N) is 2. The number of hydrogen-bond acceptors (Lipinski definition) is 5. The van der Waals surface area contributed by atoms with E-state index in [0.717, 1.165) is 17.5 Å². The summed E-state index contributed by atoms with van der Waals surface area (Å²) in [5, 5.41) is 0. The van der Waals surface area contributed by atoms with Crippen molar-refractivity contribution in [1.29, 1.82) is 0 Å². The Labute approximate surface area is 235 Å². The van der Waals surface area contributed by atoms with Crippen LogP contribution in [0.25, 0.3) is 0 Å². The van der Waals surface area contributed by atoms with Gasteiger partial charge in [0.2, 0.25) is 5.91 Å². The minimum Gasteiger partial charge on any atom is -0.486 e. The first-order valence-electron chi connectivity index (χ1n) is 13.8. The van der Waals surface area contributed by atoms with Crippen molar-refractivity contribution >= 4 is 11.8 Å². The fraction of sp³-hybridized carbons (Fsp3) is 0.333. The highest BCUT2D eigenvalue weighted by atomic mass is 16.5. The number of hydrogen-bond donors (Lipinski definition) is 0. The van der Waals surface area contributed by atoms with E-state index in [1.54, 1.807) is 36.4 Å². The Bertz CT molecular complexity index is 1450. The quantitative estimate of drug-likeness (QED) is 0.241. The van der Waals surface area contributed by atoms with Crippen molar-refractivity contribution in [1.82, 2.24) is 9.80 Å². The van der Waals surface area contributed by atoms with Crippen LogP contribution in [0.5, 0.6) is 5.75 Å². The van der Waals surface area contributed by atoms with Crippen molar-refractivity contribution in [3.63, 3.8) is 0 Å². The van der Waals surface area contributed by atoms with Crippen LogP contribution in [0.15, 0.2) is 81.8 Å². The fourth-order valence-electron chi connectivity index (χ4n) is 5.15. The second kappa shape index (κ2) is 11.9. The van der Waals surface area contributed by atoms with Gasteiger partial charge < -0.3 is 23.4 Å². The predicted octanol–water partition coefficient (Wildman–Crippen LogP) is 6.55. The Morgan fingerprint density at radius 3 is 2.58 bits per heavy atom. The van der Waals surface area contributed by atoms with Crippen molar-refractivity contribution in [2.75, 3.05) is 13.6 Å². The molecule has 5 rings (SSSR count). The maximum Gasteiger partial charge on any atom is 0.289 e. The van der Waals surface area contributed by atoms with Gasteiger partial charge in [0, 0.05) is 20.0 Å². The molecule has 0 unspecified atom stereocenters. The zero-order chi connectivity index (χ0) is 28.2. The largest absolute Gasteiger partial charge is 0.486 e. The van der Waals surface area contributed by atoms with Gasteiger partial charge in [0.15, 0.2) is 5.76 Å². The van der Waals surface area contributed by atoms with Gasteiger partial charge in [-0.15, -0.1) is 0 Å². The number of carbonyl (C=O) groups excluding carboxylic acids is 2. The van der Waals surface area contributed by atoms with Crippen molar-refractivity contribution in [3.8, 4) is 5.75 Å². The van der Waals surface area contributed by atoms with E-state index in [1.165, 1.54) is 11.1 Å². The number of rotatable bonds is 9. The minimum atomic E-state index is -0.233. The van der Waals surface area contributed by atoms with Crippen molar-refractivity contribution in [2.45, 2.75) is 52.8 Å². The van der Waals surface area contributed by atoms with Crippen LogP contribution in [0, 0.1) is 12.8 Å². The van der Waals surface area contributed by atoms with Crippen LogP contribution in [-0.4, -0.2) is 35.2 Å². The molecule has 0 saturated carbocycles. The van der Waals surface area contributed by atoms with Gasteiger partial charge >= 0.3 is 0 Å². The summed E-state index contributed by atoms with van der Waals surface area (Å²) < 4.78 is 17.3. The lowest BCUT2D eigenvalue weighted by Gasteiger charge is -2.38. The standard InChI is InChI=1S/C33H36N2O5/c1-22(2)18-31(36)35-16-15-24-11-12-26(19-29(24)32(35)25-9-7-23(3)8-10-25)39-21-28-13-14-30(40-28)33(37)34(4)20-27-6-5-17-38-27/h5-14,17,19,22,32H,15-16,18,20-21H2,1-4H3/t32-/m1/s1. The number of fused-ring (bicyclic) bond motifs is 1. The third-order valence-electron chi connectivity index (χ3n) is 7.22. The van der Waals surface area contributed by atoms with E-state index in [-0.39, 0.29) is 36.1 Å². The highest BCUT2D eigenvalue weighted by Crippen LogP contribution is 2.38. The van der Waals surface area contributed by atoms with Crippen LogP contribution in [0.3, 0.4) is 0 Å². The topological polar surface area (TPSA) is 76.1 Å². The van der Waals surface area contributed by atoms with E-state index in [9.17, 15) is 9.59 Å². The molecule has 2 aromatic carbocycles.